The van der Waals surface area contributed by atoms with Crippen LogP contribution < -0.4 is 15.0 Å². The molecule has 0 radical (unpaired) electrons. The molecule has 0 spiro atoms. The molecule has 2 atom stereocenters. The van der Waals surface area contributed by atoms with E-state index in [-0.39, 0.29) is 36.0 Å². The van der Waals surface area contributed by atoms with E-state index in [1.54, 1.807) is 17.9 Å². The lowest BCUT2D eigenvalue weighted by Gasteiger charge is -2.23. The second-order valence-corrected chi connectivity index (χ2v) is 11.3. The summed E-state index contributed by atoms with van der Waals surface area (Å²) in [6.07, 6.45) is 1.84. The summed E-state index contributed by atoms with van der Waals surface area (Å²) in [5.74, 6) is 0.375. The molecule has 0 saturated carbocycles. The van der Waals surface area contributed by atoms with Gasteiger partial charge in [-0.25, -0.2) is 9.07 Å². The zero-order chi connectivity index (χ0) is 29.1. The molecule has 10 heteroatoms. The highest BCUT2D eigenvalue weighted by molar-refractivity contribution is 8.00. The van der Waals surface area contributed by atoms with Crippen molar-refractivity contribution in [2.45, 2.75) is 24.2 Å². The van der Waals surface area contributed by atoms with Crippen LogP contribution in [0.3, 0.4) is 0 Å². The number of thioether (sulfide) groups is 1. The molecule has 3 aromatic carbocycles. The molecule has 2 aliphatic heterocycles. The summed E-state index contributed by atoms with van der Waals surface area (Å²) in [5, 5.41) is 7.58. The number of halogens is 1. The van der Waals surface area contributed by atoms with Gasteiger partial charge in [-0.05, 0) is 54.8 Å². The topological polar surface area (TPSA) is 85.7 Å². The van der Waals surface area contributed by atoms with Gasteiger partial charge in [-0.2, -0.15) is 5.10 Å². The number of nitrogens with one attached hydrogen (secondary N) is 1. The summed E-state index contributed by atoms with van der Waals surface area (Å²) in [5.41, 5.74) is 3.65. The number of nitrogens with zero attached hydrogens (tertiary/aromatic N) is 3. The molecule has 0 aliphatic carbocycles. The van der Waals surface area contributed by atoms with Gasteiger partial charge in [-0.1, -0.05) is 42.5 Å². The number of hydrogen-bond acceptors (Lipinski definition) is 6. The van der Waals surface area contributed by atoms with Gasteiger partial charge in [0.2, 0.25) is 11.8 Å². The van der Waals surface area contributed by atoms with E-state index in [1.165, 1.54) is 28.8 Å². The van der Waals surface area contributed by atoms with E-state index in [4.69, 9.17) is 14.6 Å². The van der Waals surface area contributed by atoms with Crippen LogP contribution >= 0.6 is 11.8 Å². The predicted molar refractivity (Wildman–Crippen MR) is 161 cm³/mol. The molecular weight excluding hydrogens is 555 g/mol. The Hall–Kier alpha value is -4.15. The van der Waals surface area contributed by atoms with Crippen molar-refractivity contribution in [3.05, 3.63) is 95.8 Å². The average molecular weight is 587 g/mol. The standard InChI is InChI=1S/C32H31FN4O4S/c1-40-25-14-12-24(13-15-25)37-32-29(30(35-37)21-7-3-2-4-8-21)31(22-9-5-10-23(33)17-22)42-20-28(39)36(32)19-27(38)34-18-26-11-6-16-41-26/h2-5,7-10,12-15,17,26,31H,6,11,16,18-20H2,1H3,(H,34,38)/t26-,31+/m0/s1. The molecular formula is C32H31FN4O4S. The lowest BCUT2D eigenvalue weighted by atomic mass is 9.99. The number of hydrogen-bond donors (Lipinski definition) is 1. The molecule has 6 rings (SSSR count). The van der Waals surface area contributed by atoms with Crippen molar-refractivity contribution < 1.29 is 23.5 Å². The maximum absolute atomic E-state index is 14.5. The predicted octanol–water partition coefficient (Wildman–Crippen LogP) is 5.15. The zero-order valence-corrected chi connectivity index (χ0v) is 24.0. The van der Waals surface area contributed by atoms with Crippen molar-refractivity contribution in [2.75, 3.05) is 37.5 Å². The third kappa shape index (κ3) is 5.77. The van der Waals surface area contributed by atoms with Crippen LogP contribution in [-0.2, 0) is 14.3 Å². The Kier molecular flexibility index (Phi) is 8.25. The van der Waals surface area contributed by atoms with Gasteiger partial charge in [-0.3, -0.25) is 14.5 Å². The van der Waals surface area contributed by atoms with Crippen LogP contribution in [0.1, 0.15) is 29.2 Å². The SMILES string of the molecule is COc1ccc(-n2nc(-c3ccccc3)c3c2N(CC(=O)NC[C@@H]2CCCO2)C(=O)CS[C@@H]3c2cccc(F)c2)cc1. The molecule has 1 saturated heterocycles. The quantitative estimate of drug-likeness (QED) is 0.307. The molecule has 8 nitrogen and oxygen atoms in total. The van der Waals surface area contributed by atoms with E-state index in [0.717, 1.165) is 24.0 Å². The summed E-state index contributed by atoms with van der Waals surface area (Å²) in [6, 6.07) is 23.5. The number of carbonyl (C=O) groups is 2. The first-order chi connectivity index (χ1) is 20.5. The highest BCUT2D eigenvalue weighted by Crippen LogP contribution is 2.48. The molecule has 1 aromatic heterocycles. The first-order valence-corrected chi connectivity index (χ1v) is 14.9. The van der Waals surface area contributed by atoms with Gasteiger partial charge in [-0.15, -0.1) is 11.8 Å². The van der Waals surface area contributed by atoms with Crippen LogP contribution in [0.25, 0.3) is 16.9 Å². The second kappa shape index (κ2) is 12.4. The lowest BCUT2D eigenvalue weighted by molar-refractivity contribution is -0.123. The fourth-order valence-corrected chi connectivity index (χ4v) is 6.59. The number of aromatic nitrogens is 2. The number of carbonyl (C=O) groups excluding carboxylic acids is 2. The van der Waals surface area contributed by atoms with Gasteiger partial charge < -0.3 is 14.8 Å². The van der Waals surface area contributed by atoms with Crippen molar-refractivity contribution in [3.8, 4) is 22.7 Å². The minimum atomic E-state index is -0.415. The fourth-order valence-electron chi connectivity index (χ4n) is 5.40. The molecule has 3 heterocycles. The fraction of sp³-hybridized carbons (Fsp3) is 0.281. The van der Waals surface area contributed by atoms with E-state index in [9.17, 15) is 14.0 Å². The Morgan fingerprint density at radius 2 is 1.93 bits per heavy atom. The van der Waals surface area contributed by atoms with Crippen LogP contribution in [0.2, 0.25) is 0 Å². The van der Waals surface area contributed by atoms with Gasteiger partial charge in [0.05, 0.1) is 35.6 Å². The van der Waals surface area contributed by atoms with Crippen LogP contribution in [0.4, 0.5) is 10.2 Å². The van der Waals surface area contributed by atoms with Crippen molar-refractivity contribution in [2.24, 2.45) is 0 Å². The zero-order valence-electron chi connectivity index (χ0n) is 23.2. The minimum Gasteiger partial charge on any atom is -0.497 e. The normalized spacial score (nSPS) is 18.4. The highest BCUT2D eigenvalue weighted by atomic mass is 32.2. The lowest BCUT2D eigenvalue weighted by Crippen LogP contribution is -2.44. The molecule has 1 fully saturated rings. The maximum atomic E-state index is 14.5. The number of anilines is 1. The average Bonchev–Trinajstić information content (AvgIpc) is 3.65. The van der Waals surface area contributed by atoms with Crippen LogP contribution in [0, 0.1) is 5.82 Å². The van der Waals surface area contributed by atoms with Crippen LogP contribution in [0.5, 0.6) is 5.75 Å². The largest absolute Gasteiger partial charge is 0.497 e. The maximum Gasteiger partial charge on any atom is 0.240 e. The number of fused-ring (bicyclic) bond motifs is 1. The number of benzene rings is 3. The summed E-state index contributed by atoms with van der Waals surface area (Å²) < 4.78 is 27.2. The minimum absolute atomic E-state index is 0.0215. The third-order valence-corrected chi connectivity index (χ3v) is 8.71. The summed E-state index contributed by atoms with van der Waals surface area (Å²) in [6.45, 7) is 0.892. The molecule has 0 bridgehead atoms. The highest BCUT2D eigenvalue weighted by Gasteiger charge is 2.38. The molecule has 1 N–H and O–H groups in total. The Labute approximate surface area is 247 Å². The summed E-state index contributed by atoms with van der Waals surface area (Å²) >= 11 is 1.40. The van der Waals surface area contributed by atoms with Gasteiger partial charge in [0.15, 0.2) is 0 Å². The van der Waals surface area contributed by atoms with Gasteiger partial charge in [0.25, 0.3) is 0 Å². The number of methoxy groups -OCH3 is 1. The number of amides is 2. The van der Waals surface area contributed by atoms with Gasteiger partial charge >= 0.3 is 0 Å². The smallest absolute Gasteiger partial charge is 0.240 e. The van der Waals surface area contributed by atoms with E-state index in [1.807, 2.05) is 60.7 Å². The van der Waals surface area contributed by atoms with E-state index in [2.05, 4.69) is 5.32 Å². The van der Waals surface area contributed by atoms with E-state index < -0.39 is 5.25 Å². The Bertz CT molecular complexity index is 1570. The van der Waals surface area contributed by atoms with Gasteiger partial charge in [0.1, 0.15) is 23.9 Å². The Balaban J connectivity index is 1.51. The monoisotopic (exact) mass is 586 g/mol. The summed E-state index contributed by atoms with van der Waals surface area (Å²) in [7, 11) is 1.60. The second-order valence-electron chi connectivity index (χ2n) is 10.2. The molecule has 216 valence electrons. The Morgan fingerprint density at radius 1 is 1.12 bits per heavy atom. The van der Waals surface area contributed by atoms with Crippen molar-refractivity contribution in [3.63, 3.8) is 0 Å². The van der Waals surface area contributed by atoms with Crippen LogP contribution in [-0.4, -0.2) is 60.3 Å². The number of ether oxygens (including phenoxy) is 2. The Morgan fingerprint density at radius 3 is 2.64 bits per heavy atom. The first kappa shape index (κ1) is 28.0. The van der Waals surface area contributed by atoms with E-state index >= 15 is 0 Å². The number of rotatable bonds is 8. The molecule has 2 aliphatic rings. The van der Waals surface area contributed by atoms with E-state index in [0.29, 0.717) is 41.7 Å². The molecule has 0 unspecified atom stereocenters. The first-order valence-electron chi connectivity index (χ1n) is 13.9. The summed E-state index contributed by atoms with van der Waals surface area (Å²) in [4.78, 5) is 28.6. The molecule has 4 aromatic rings. The van der Waals surface area contributed by atoms with Crippen molar-refractivity contribution in [1.29, 1.82) is 0 Å². The van der Waals surface area contributed by atoms with Gasteiger partial charge in [0, 0.05) is 24.3 Å². The van der Waals surface area contributed by atoms with Crippen LogP contribution in [0.15, 0.2) is 78.9 Å². The molecule has 2 amide bonds. The molecule has 42 heavy (non-hydrogen) atoms. The van der Waals surface area contributed by atoms with Crippen molar-refractivity contribution >= 4 is 29.4 Å². The third-order valence-electron chi connectivity index (χ3n) is 7.46. The van der Waals surface area contributed by atoms with Crippen molar-refractivity contribution in [1.82, 2.24) is 15.1 Å².